The highest BCUT2D eigenvalue weighted by molar-refractivity contribution is 5.39. The molecule has 0 atom stereocenters. The summed E-state index contributed by atoms with van der Waals surface area (Å²) in [6.45, 7) is 2.00. The molecular formula is C17H18N4O2. The maximum atomic E-state index is 12.9. The van der Waals surface area contributed by atoms with E-state index in [0.717, 1.165) is 35.5 Å². The Morgan fingerprint density at radius 1 is 1.30 bits per heavy atom. The van der Waals surface area contributed by atoms with Crippen LogP contribution in [0.2, 0.25) is 0 Å². The van der Waals surface area contributed by atoms with Crippen molar-refractivity contribution in [1.29, 1.82) is 0 Å². The number of imidazole rings is 1. The zero-order valence-electron chi connectivity index (χ0n) is 13.0. The molecule has 0 amide bonds. The molecule has 0 aliphatic carbocycles. The number of fused-ring (bicyclic) bond motifs is 3. The quantitative estimate of drug-likeness (QED) is 0.790. The van der Waals surface area contributed by atoms with Crippen LogP contribution in [-0.2, 0) is 19.5 Å². The molecule has 0 saturated heterocycles. The van der Waals surface area contributed by atoms with Crippen molar-refractivity contribution in [3.63, 3.8) is 0 Å². The third kappa shape index (κ3) is 2.31. The van der Waals surface area contributed by atoms with Crippen LogP contribution < -0.4 is 15.6 Å². The van der Waals surface area contributed by atoms with Gasteiger partial charge in [-0.2, -0.15) is 0 Å². The Balaban J connectivity index is 1.84. The summed E-state index contributed by atoms with van der Waals surface area (Å²) >= 11 is 0. The molecule has 1 aliphatic rings. The van der Waals surface area contributed by atoms with Gasteiger partial charge in [-0.25, -0.2) is 4.98 Å². The molecule has 23 heavy (non-hydrogen) atoms. The third-order valence-corrected chi connectivity index (χ3v) is 4.35. The van der Waals surface area contributed by atoms with Gasteiger partial charge in [-0.05, 0) is 17.7 Å². The van der Waals surface area contributed by atoms with Crippen LogP contribution in [0.1, 0.15) is 16.8 Å². The molecule has 2 aromatic heterocycles. The second kappa shape index (κ2) is 5.55. The molecule has 3 aromatic rings. The molecule has 0 saturated carbocycles. The Bertz CT molecular complexity index is 909. The molecule has 1 aromatic carbocycles. The first-order chi connectivity index (χ1) is 11.3. The van der Waals surface area contributed by atoms with Crippen LogP contribution >= 0.6 is 0 Å². The average Bonchev–Trinajstić information content (AvgIpc) is 3.09. The van der Waals surface area contributed by atoms with Crippen LogP contribution in [-0.4, -0.2) is 27.6 Å². The summed E-state index contributed by atoms with van der Waals surface area (Å²) < 4.78 is 8.97. The highest BCUT2D eigenvalue weighted by Gasteiger charge is 2.19. The first-order valence-electron chi connectivity index (χ1n) is 7.69. The van der Waals surface area contributed by atoms with E-state index in [1.807, 2.05) is 34.9 Å². The van der Waals surface area contributed by atoms with Gasteiger partial charge in [-0.1, -0.05) is 12.1 Å². The minimum atomic E-state index is 0.0433. The standard InChI is InChI=1S/C17H18N4O2/c1-23-13-4-2-12(3-5-13)11-21-16(22)14-10-18-7-6-15(14)20-9-8-19-17(20)21/h2-5,8-9,18H,6-7,10-11H2,1H3. The number of benzene rings is 1. The minimum Gasteiger partial charge on any atom is -0.497 e. The van der Waals surface area contributed by atoms with Crippen molar-refractivity contribution in [2.45, 2.75) is 19.5 Å². The van der Waals surface area contributed by atoms with Gasteiger partial charge in [0.15, 0.2) is 0 Å². The van der Waals surface area contributed by atoms with Gasteiger partial charge < -0.3 is 10.1 Å². The normalized spacial score (nSPS) is 14.0. The zero-order chi connectivity index (χ0) is 15.8. The van der Waals surface area contributed by atoms with Crippen molar-refractivity contribution in [2.75, 3.05) is 13.7 Å². The summed E-state index contributed by atoms with van der Waals surface area (Å²) in [4.78, 5) is 17.3. The lowest BCUT2D eigenvalue weighted by Gasteiger charge is -2.20. The molecule has 0 unspecified atom stereocenters. The summed E-state index contributed by atoms with van der Waals surface area (Å²) in [6.07, 6.45) is 4.53. The zero-order valence-corrected chi connectivity index (χ0v) is 13.0. The highest BCUT2D eigenvalue weighted by atomic mass is 16.5. The molecule has 0 fully saturated rings. The highest BCUT2D eigenvalue weighted by Crippen LogP contribution is 2.16. The smallest absolute Gasteiger partial charge is 0.259 e. The largest absolute Gasteiger partial charge is 0.497 e. The summed E-state index contributed by atoms with van der Waals surface area (Å²) in [5, 5.41) is 3.28. The molecule has 4 rings (SSSR count). The Morgan fingerprint density at radius 2 is 2.13 bits per heavy atom. The maximum absolute atomic E-state index is 12.9. The number of methoxy groups -OCH3 is 1. The van der Waals surface area contributed by atoms with Gasteiger partial charge in [-0.3, -0.25) is 13.8 Å². The minimum absolute atomic E-state index is 0.0433. The van der Waals surface area contributed by atoms with Crippen LogP contribution in [0.3, 0.4) is 0 Å². The molecule has 0 spiro atoms. The van der Waals surface area contributed by atoms with Crippen LogP contribution in [0.5, 0.6) is 5.75 Å². The Labute approximate surface area is 133 Å². The molecule has 6 heteroatoms. The fraction of sp³-hybridized carbons (Fsp3) is 0.294. The van der Waals surface area contributed by atoms with Crippen molar-refractivity contribution < 1.29 is 4.74 Å². The SMILES string of the molecule is COc1ccc(Cn2c(=O)c3c(n4ccnc24)CCNC3)cc1. The predicted molar refractivity (Wildman–Crippen MR) is 87.0 cm³/mol. The Hall–Kier alpha value is -2.60. The van der Waals surface area contributed by atoms with E-state index in [0.29, 0.717) is 18.9 Å². The van der Waals surface area contributed by atoms with Crippen molar-refractivity contribution in [2.24, 2.45) is 0 Å². The number of hydrogen-bond acceptors (Lipinski definition) is 4. The first-order valence-corrected chi connectivity index (χ1v) is 7.69. The molecule has 0 radical (unpaired) electrons. The van der Waals surface area contributed by atoms with Crippen LogP contribution in [0.15, 0.2) is 41.5 Å². The van der Waals surface area contributed by atoms with Crippen LogP contribution in [0.4, 0.5) is 0 Å². The fourth-order valence-electron chi connectivity index (χ4n) is 3.15. The predicted octanol–water partition coefficient (Wildman–Crippen LogP) is 1.20. The number of aromatic nitrogens is 3. The van der Waals surface area contributed by atoms with E-state index in [-0.39, 0.29) is 5.56 Å². The monoisotopic (exact) mass is 310 g/mol. The van der Waals surface area contributed by atoms with Gasteiger partial charge in [0.05, 0.1) is 19.2 Å². The Morgan fingerprint density at radius 3 is 2.91 bits per heavy atom. The van der Waals surface area contributed by atoms with E-state index < -0.39 is 0 Å². The summed E-state index contributed by atoms with van der Waals surface area (Å²) in [5.41, 5.74) is 3.01. The van der Waals surface area contributed by atoms with Crippen molar-refractivity contribution >= 4 is 5.78 Å². The number of nitrogens with zero attached hydrogens (tertiary/aromatic N) is 3. The molecule has 1 aliphatic heterocycles. The van der Waals surface area contributed by atoms with Gasteiger partial charge in [0, 0.05) is 37.6 Å². The van der Waals surface area contributed by atoms with Crippen molar-refractivity contribution in [1.82, 2.24) is 19.3 Å². The van der Waals surface area contributed by atoms with Crippen LogP contribution in [0, 0.1) is 0 Å². The number of rotatable bonds is 3. The van der Waals surface area contributed by atoms with E-state index in [1.165, 1.54) is 0 Å². The average molecular weight is 310 g/mol. The summed E-state index contributed by atoms with van der Waals surface area (Å²) in [7, 11) is 1.64. The van der Waals surface area contributed by atoms with Gasteiger partial charge in [0.1, 0.15) is 5.75 Å². The van der Waals surface area contributed by atoms with Gasteiger partial charge in [-0.15, -0.1) is 0 Å². The number of nitrogens with one attached hydrogen (secondary N) is 1. The van der Waals surface area contributed by atoms with Gasteiger partial charge in [0.25, 0.3) is 5.56 Å². The lowest BCUT2D eigenvalue weighted by Crippen LogP contribution is -2.36. The summed E-state index contributed by atoms with van der Waals surface area (Å²) in [5.74, 6) is 1.51. The van der Waals surface area contributed by atoms with E-state index in [9.17, 15) is 4.79 Å². The van der Waals surface area contributed by atoms with E-state index in [4.69, 9.17) is 4.74 Å². The van der Waals surface area contributed by atoms with Crippen LogP contribution in [0.25, 0.3) is 5.78 Å². The second-order valence-electron chi connectivity index (χ2n) is 5.69. The lowest BCUT2D eigenvalue weighted by atomic mass is 10.1. The van der Waals surface area contributed by atoms with E-state index in [1.54, 1.807) is 17.9 Å². The molecule has 3 heterocycles. The first kappa shape index (κ1) is 14.0. The second-order valence-corrected chi connectivity index (χ2v) is 5.69. The molecule has 6 nitrogen and oxygen atoms in total. The number of hydrogen-bond donors (Lipinski definition) is 1. The fourth-order valence-corrected chi connectivity index (χ4v) is 3.15. The van der Waals surface area contributed by atoms with Crippen molar-refractivity contribution in [3.05, 3.63) is 63.8 Å². The summed E-state index contributed by atoms with van der Waals surface area (Å²) in [6, 6.07) is 7.76. The van der Waals surface area contributed by atoms with E-state index >= 15 is 0 Å². The Kier molecular flexibility index (Phi) is 3.38. The van der Waals surface area contributed by atoms with Gasteiger partial charge in [0.2, 0.25) is 5.78 Å². The van der Waals surface area contributed by atoms with Gasteiger partial charge >= 0.3 is 0 Å². The maximum Gasteiger partial charge on any atom is 0.259 e. The molecule has 1 N–H and O–H groups in total. The number of ether oxygens (including phenoxy) is 1. The molecular weight excluding hydrogens is 292 g/mol. The lowest BCUT2D eigenvalue weighted by molar-refractivity contribution is 0.414. The molecule has 118 valence electrons. The topological polar surface area (TPSA) is 60.6 Å². The third-order valence-electron chi connectivity index (χ3n) is 4.35. The van der Waals surface area contributed by atoms with E-state index in [2.05, 4.69) is 10.3 Å². The molecule has 0 bridgehead atoms. The van der Waals surface area contributed by atoms with Crippen molar-refractivity contribution in [3.8, 4) is 5.75 Å².